The van der Waals surface area contributed by atoms with E-state index in [0.29, 0.717) is 11.4 Å². The quantitative estimate of drug-likeness (QED) is 0.403. The SMILES string of the molecule is Cc1ccc(NCC(=O)NNC(=O)COc2cccc(NC(=O)c3ccco3)c2)c(C)c1. The van der Waals surface area contributed by atoms with Crippen molar-refractivity contribution in [1.29, 1.82) is 0 Å². The van der Waals surface area contributed by atoms with Gasteiger partial charge in [-0.3, -0.25) is 25.2 Å². The number of hydrogen-bond acceptors (Lipinski definition) is 6. The van der Waals surface area contributed by atoms with Crippen LogP contribution in [0.15, 0.2) is 65.3 Å². The molecule has 9 heteroatoms. The molecule has 0 aliphatic heterocycles. The largest absolute Gasteiger partial charge is 0.484 e. The van der Waals surface area contributed by atoms with Crippen molar-refractivity contribution in [3.63, 3.8) is 0 Å². The van der Waals surface area contributed by atoms with Gasteiger partial charge in [-0.15, -0.1) is 0 Å². The van der Waals surface area contributed by atoms with Gasteiger partial charge in [0, 0.05) is 17.4 Å². The van der Waals surface area contributed by atoms with Gasteiger partial charge in [-0.05, 0) is 49.7 Å². The minimum atomic E-state index is -0.533. The van der Waals surface area contributed by atoms with Crippen LogP contribution in [0, 0.1) is 13.8 Å². The number of hydrogen-bond donors (Lipinski definition) is 4. The minimum Gasteiger partial charge on any atom is -0.484 e. The second kappa shape index (κ2) is 10.7. The zero-order valence-electron chi connectivity index (χ0n) is 17.7. The summed E-state index contributed by atoms with van der Waals surface area (Å²) >= 11 is 0. The molecule has 166 valence electrons. The highest BCUT2D eigenvalue weighted by atomic mass is 16.5. The number of ether oxygens (including phenoxy) is 1. The number of anilines is 2. The molecule has 0 saturated carbocycles. The summed E-state index contributed by atoms with van der Waals surface area (Å²) in [4.78, 5) is 35.9. The van der Waals surface area contributed by atoms with E-state index in [2.05, 4.69) is 21.5 Å². The molecule has 0 fully saturated rings. The van der Waals surface area contributed by atoms with Gasteiger partial charge < -0.3 is 19.8 Å². The van der Waals surface area contributed by atoms with Gasteiger partial charge in [0.25, 0.3) is 17.7 Å². The van der Waals surface area contributed by atoms with Crippen molar-refractivity contribution in [3.05, 3.63) is 77.7 Å². The first kappa shape index (κ1) is 22.4. The molecule has 0 bridgehead atoms. The van der Waals surface area contributed by atoms with E-state index in [1.54, 1.807) is 36.4 Å². The fourth-order valence-corrected chi connectivity index (χ4v) is 2.82. The average Bonchev–Trinajstić information content (AvgIpc) is 3.31. The Morgan fingerprint density at radius 1 is 0.938 bits per heavy atom. The van der Waals surface area contributed by atoms with Crippen LogP contribution in [0.25, 0.3) is 0 Å². The lowest BCUT2D eigenvalue weighted by atomic mass is 10.1. The number of benzene rings is 2. The number of hydrazine groups is 1. The Hall–Kier alpha value is -4.27. The van der Waals surface area contributed by atoms with Crippen molar-refractivity contribution in [3.8, 4) is 5.75 Å². The number of carbonyl (C=O) groups excluding carboxylic acids is 3. The molecular weight excluding hydrogens is 412 g/mol. The number of nitrogens with one attached hydrogen (secondary N) is 4. The first-order chi connectivity index (χ1) is 15.4. The van der Waals surface area contributed by atoms with E-state index in [0.717, 1.165) is 16.8 Å². The van der Waals surface area contributed by atoms with Gasteiger partial charge >= 0.3 is 0 Å². The van der Waals surface area contributed by atoms with E-state index in [9.17, 15) is 14.4 Å². The molecule has 1 aromatic heterocycles. The summed E-state index contributed by atoms with van der Waals surface area (Å²) in [6.07, 6.45) is 1.41. The molecule has 1 heterocycles. The van der Waals surface area contributed by atoms with Gasteiger partial charge in [0.2, 0.25) is 0 Å². The van der Waals surface area contributed by atoms with E-state index in [1.807, 2.05) is 32.0 Å². The third-order valence-corrected chi connectivity index (χ3v) is 4.37. The van der Waals surface area contributed by atoms with E-state index in [-0.39, 0.29) is 18.9 Å². The molecule has 0 spiro atoms. The summed E-state index contributed by atoms with van der Waals surface area (Å²) in [7, 11) is 0. The molecule has 32 heavy (non-hydrogen) atoms. The van der Waals surface area contributed by atoms with Gasteiger partial charge in [-0.1, -0.05) is 23.8 Å². The molecular formula is C23H24N4O5. The average molecular weight is 436 g/mol. The maximum absolute atomic E-state index is 12.0. The van der Waals surface area contributed by atoms with Crippen LogP contribution in [0.4, 0.5) is 11.4 Å². The summed E-state index contributed by atoms with van der Waals surface area (Å²) in [5.74, 6) is -0.781. The lowest BCUT2D eigenvalue weighted by Gasteiger charge is -2.12. The molecule has 4 N–H and O–H groups in total. The smallest absolute Gasteiger partial charge is 0.291 e. The van der Waals surface area contributed by atoms with Gasteiger partial charge in [-0.2, -0.15) is 0 Å². The van der Waals surface area contributed by atoms with Crippen molar-refractivity contribution in [2.24, 2.45) is 0 Å². The maximum Gasteiger partial charge on any atom is 0.291 e. The van der Waals surface area contributed by atoms with Gasteiger partial charge in [-0.25, -0.2) is 0 Å². The van der Waals surface area contributed by atoms with Crippen molar-refractivity contribution in [1.82, 2.24) is 10.9 Å². The first-order valence-corrected chi connectivity index (χ1v) is 9.87. The highest BCUT2D eigenvalue weighted by Crippen LogP contribution is 2.18. The first-order valence-electron chi connectivity index (χ1n) is 9.87. The van der Waals surface area contributed by atoms with Crippen LogP contribution >= 0.6 is 0 Å². The Morgan fingerprint density at radius 2 is 1.75 bits per heavy atom. The summed E-state index contributed by atoms with van der Waals surface area (Å²) in [6.45, 7) is 3.63. The molecule has 0 radical (unpaired) electrons. The second-order valence-electron chi connectivity index (χ2n) is 7.02. The molecule has 2 aromatic carbocycles. The van der Waals surface area contributed by atoms with Crippen molar-refractivity contribution < 1.29 is 23.5 Å². The molecule has 0 atom stereocenters. The van der Waals surface area contributed by atoms with Gasteiger partial charge in [0.1, 0.15) is 5.75 Å². The van der Waals surface area contributed by atoms with Gasteiger partial charge in [0.15, 0.2) is 12.4 Å². The monoisotopic (exact) mass is 436 g/mol. The molecule has 9 nitrogen and oxygen atoms in total. The number of carbonyl (C=O) groups is 3. The molecule has 0 unspecified atom stereocenters. The second-order valence-corrected chi connectivity index (χ2v) is 7.02. The fraction of sp³-hybridized carbons (Fsp3) is 0.174. The molecule has 0 aliphatic rings. The predicted octanol–water partition coefficient (Wildman–Crippen LogP) is 2.79. The zero-order chi connectivity index (χ0) is 22.9. The summed E-state index contributed by atoms with van der Waals surface area (Å²) in [5, 5.41) is 5.69. The van der Waals surface area contributed by atoms with E-state index < -0.39 is 17.7 Å². The normalized spacial score (nSPS) is 10.2. The molecule has 3 amide bonds. The Balaban J connectivity index is 1.39. The zero-order valence-corrected chi connectivity index (χ0v) is 17.7. The third-order valence-electron chi connectivity index (χ3n) is 4.37. The van der Waals surface area contributed by atoms with Crippen LogP contribution in [0.5, 0.6) is 5.75 Å². The van der Waals surface area contributed by atoms with Crippen molar-refractivity contribution in [2.45, 2.75) is 13.8 Å². The Bertz CT molecular complexity index is 1100. The molecule has 0 aliphatic carbocycles. The lowest BCUT2D eigenvalue weighted by Crippen LogP contribution is -2.46. The van der Waals surface area contributed by atoms with Crippen molar-refractivity contribution >= 4 is 29.1 Å². The standard InChI is InChI=1S/C23H24N4O5/c1-15-8-9-19(16(2)11-15)24-13-21(28)26-27-22(29)14-32-18-6-3-5-17(12-18)25-23(30)20-7-4-10-31-20/h3-12,24H,13-14H2,1-2H3,(H,25,30)(H,26,28)(H,27,29). The summed E-state index contributed by atoms with van der Waals surface area (Å²) in [6, 6.07) is 15.6. The van der Waals surface area contributed by atoms with Gasteiger partial charge in [0.05, 0.1) is 12.8 Å². The number of aryl methyl sites for hydroxylation is 2. The summed E-state index contributed by atoms with van der Waals surface area (Å²) in [5.41, 5.74) is 8.11. The third kappa shape index (κ3) is 6.63. The lowest BCUT2D eigenvalue weighted by molar-refractivity contribution is -0.129. The molecule has 3 rings (SSSR count). The van der Waals surface area contributed by atoms with Crippen LogP contribution in [-0.2, 0) is 9.59 Å². The van der Waals surface area contributed by atoms with E-state index in [1.165, 1.54) is 6.26 Å². The number of furan rings is 1. The van der Waals surface area contributed by atoms with Crippen LogP contribution in [0.1, 0.15) is 21.7 Å². The fourth-order valence-electron chi connectivity index (χ4n) is 2.82. The van der Waals surface area contributed by atoms with Crippen LogP contribution in [0.3, 0.4) is 0 Å². The minimum absolute atomic E-state index is 0.00243. The number of amides is 3. The van der Waals surface area contributed by atoms with Crippen LogP contribution in [-0.4, -0.2) is 30.9 Å². The van der Waals surface area contributed by atoms with Crippen LogP contribution < -0.4 is 26.2 Å². The summed E-state index contributed by atoms with van der Waals surface area (Å²) < 4.78 is 10.5. The molecule has 3 aromatic rings. The maximum atomic E-state index is 12.0. The molecule has 0 saturated heterocycles. The Labute approximate surface area is 185 Å². The van der Waals surface area contributed by atoms with E-state index in [4.69, 9.17) is 9.15 Å². The Morgan fingerprint density at radius 3 is 2.50 bits per heavy atom. The topological polar surface area (TPSA) is 122 Å². The highest BCUT2D eigenvalue weighted by molar-refractivity contribution is 6.02. The Kier molecular flexibility index (Phi) is 7.47. The predicted molar refractivity (Wildman–Crippen MR) is 119 cm³/mol. The number of rotatable bonds is 8. The van der Waals surface area contributed by atoms with E-state index >= 15 is 0 Å². The highest BCUT2D eigenvalue weighted by Gasteiger charge is 2.10. The van der Waals surface area contributed by atoms with Crippen LogP contribution in [0.2, 0.25) is 0 Å². The van der Waals surface area contributed by atoms with Crippen molar-refractivity contribution in [2.75, 3.05) is 23.8 Å².